The molecule has 1 aromatic carbocycles. The monoisotopic (exact) mass is 198 g/mol. The molecular weight excluding hydrogens is 184 g/mol. The Morgan fingerprint density at radius 2 is 2.13 bits per heavy atom. The van der Waals surface area contributed by atoms with Gasteiger partial charge in [0.05, 0.1) is 12.0 Å². The molecule has 0 aliphatic carbocycles. The summed E-state index contributed by atoms with van der Waals surface area (Å²) in [6.45, 7) is 4.60. The number of ether oxygens (including phenoxy) is 1. The van der Waals surface area contributed by atoms with Crippen molar-refractivity contribution in [3.63, 3.8) is 0 Å². The molecule has 0 amide bonds. The van der Waals surface area contributed by atoms with Crippen LogP contribution in [0.25, 0.3) is 0 Å². The maximum absolute atomic E-state index is 5.62. The van der Waals surface area contributed by atoms with Crippen LogP contribution in [-0.2, 0) is 11.2 Å². The number of allylic oxidation sites excluding steroid dienone is 1. The first-order chi connectivity index (χ1) is 7.27. The van der Waals surface area contributed by atoms with E-state index in [9.17, 15) is 0 Å². The maximum Gasteiger partial charge on any atom is 0.107 e. The fourth-order valence-electron chi connectivity index (χ4n) is 1.96. The molecule has 0 spiro atoms. The predicted octanol–water partition coefficient (Wildman–Crippen LogP) is 2.78. The molecule has 1 nitrogen and oxygen atoms in total. The van der Waals surface area contributed by atoms with Crippen LogP contribution in [0.5, 0.6) is 0 Å². The summed E-state index contributed by atoms with van der Waals surface area (Å²) in [6.07, 6.45) is 7.31. The lowest BCUT2D eigenvalue weighted by Gasteiger charge is -2.21. The fraction of sp³-hybridized carbons (Fsp3) is 0.286. The third-order valence-corrected chi connectivity index (χ3v) is 2.96. The van der Waals surface area contributed by atoms with E-state index in [4.69, 9.17) is 11.2 Å². The van der Waals surface area contributed by atoms with Crippen molar-refractivity contribution in [1.82, 2.24) is 0 Å². The molecule has 1 aliphatic rings. The molecule has 2 rings (SSSR count). The van der Waals surface area contributed by atoms with E-state index in [0.29, 0.717) is 6.61 Å². The van der Waals surface area contributed by atoms with Gasteiger partial charge in [0.2, 0.25) is 0 Å². The standard InChI is InChI=1S/C14H14O/c1-3-14(9-10-15-12(14)2)11-13-7-5-4-6-8-13/h1,4-8H,2,9-11H2. The van der Waals surface area contributed by atoms with Gasteiger partial charge in [-0.3, -0.25) is 0 Å². The van der Waals surface area contributed by atoms with Gasteiger partial charge in [-0.05, 0) is 12.0 Å². The van der Waals surface area contributed by atoms with Crippen molar-refractivity contribution in [2.45, 2.75) is 12.8 Å². The lowest BCUT2D eigenvalue weighted by molar-refractivity contribution is 0.255. The number of benzene rings is 1. The van der Waals surface area contributed by atoms with E-state index in [1.54, 1.807) is 0 Å². The largest absolute Gasteiger partial charge is 0.497 e. The molecule has 1 aliphatic heterocycles. The zero-order valence-corrected chi connectivity index (χ0v) is 8.70. The predicted molar refractivity (Wildman–Crippen MR) is 61.1 cm³/mol. The fourth-order valence-corrected chi connectivity index (χ4v) is 1.96. The molecule has 15 heavy (non-hydrogen) atoms. The van der Waals surface area contributed by atoms with Crippen LogP contribution in [0.1, 0.15) is 12.0 Å². The SMILES string of the molecule is C#CC1(Cc2ccccc2)CCOC1=C. The van der Waals surface area contributed by atoms with Gasteiger partial charge in [-0.15, -0.1) is 6.42 Å². The summed E-state index contributed by atoms with van der Waals surface area (Å²) in [5, 5.41) is 0. The van der Waals surface area contributed by atoms with Crippen LogP contribution in [-0.4, -0.2) is 6.61 Å². The van der Waals surface area contributed by atoms with Crippen LogP contribution in [0.4, 0.5) is 0 Å². The molecule has 1 heteroatoms. The van der Waals surface area contributed by atoms with Crippen LogP contribution < -0.4 is 0 Å². The highest BCUT2D eigenvalue weighted by Crippen LogP contribution is 2.39. The summed E-state index contributed by atoms with van der Waals surface area (Å²) in [5.74, 6) is 3.60. The van der Waals surface area contributed by atoms with E-state index in [1.165, 1.54) is 5.56 Å². The van der Waals surface area contributed by atoms with Gasteiger partial charge in [0.1, 0.15) is 5.76 Å². The summed E-state index contributed by atoms with van der Waals surface area (Å²) in [5.41, 5.74) is 0.948. The van der Waals surface area contributed by atoms with Crippen molar-refractivity contribution in [1.29, 1.82) is 0 Å². The zero-order valence-electron chi connectivity index (χ0n) is 8.70. The van der Waals surface area contributed by atoms with E-state index in [1.807, 2.05) is 18.2 Å². The summed E-state index contributed by atoms with van der Waals surface area (Å²) in [4.78, 5) is 0. The lowest BCUT2D eigenvalue weighted by Crippen LogP contribution is -2.19. The van der Waals surface area contributed by atoms with Crippen molar-refractivity contribution in [2.75, 3.05) is 6.61 Å². The molecule has 1 heterocycles. The minimum absolute atomic E-state index is 0.290. The molecule has 0 bridgehead atoms. The molecule has 0 radical (unpaired) electrons. The molecule has 1 atom stereocenters. The van der Waals surface area contributed by atoms with Crippen molar-refractivity contribution < 1.29 is 4.74 Å². The highest BCUT2D eigenvalue weighted by atomic mass is 16.5. The minimum Gasteiger partial charge on any atom is -0.497 e. The second-order valence-corrected chi connectivity index (χ2v) is 3.91. The number of hydrogen-bond acceptors (Lipinski definition) is 1. The number of rotatable bonds is 2. The van der Waals surface area contributed by atoms with E-state index in [-0.39, 0.29) is 5.41 Å². The molecule has 0 N–H and O–H groups in total. The average Bonchev–Trinajstić information content (AvgIpc) is 2.62. The smallest absolute Gasteiger partial charge is 0.107 e. The highest BCUT2D eigenvalue weighted by Gasteiger charge is 2.37. The second kappa shape index (κ2) is 3.82. The second-order valence-electron chi connectivity index (χ2n) is 3.91. The van der Waals surface area contributed by atoms with Crippen molar-refractivity contribution in [3.05, 3.63) is 48.2 Å². The Kier molecular flexibility index (Phi) is 2.51. The van der Waals surface area contributed by atoms with Crippen molar-refractivity contribution in [3.8, 4) is 12.3 Å². The van der Waals surface area contributed by atoms with Gasteiger partial charge in [-0.25, -0.2) is 0 Å². The van der Waals surface area contributed by atoms with Crippen LogP contribution in [0.3, 0.4) is 0 Å². The van der Waals surface area contributed by atoms with Gasteiger partial charge in [0.15, 0.2) is 0 Å². The van der Waals surface area contributed by atoms with Crippen LogP contribution in [0.15, 0.2) is 42.7 Å². The zero-order chi connectivity index (χ0) is 10.7. The number of hydrogen-bond donors (Lipinski definition) is 0. The van der Waals surface area contributed by atoms with Gasteiger partial charge in [-0.1, -0.05) is 42.8 Å². The maximum atomic E-state index is 5.62. The molecule has 1 saturated heterocycles. The minimum atomic E-state index is -0.290. The van der Waals surface area contributed by atoms with Gasteiger partial charge in [-0.2, -0.15) is 0 Å². The van der Waals surface area contributed by atoms with Gasteiger partial charge >= 0.3 is 0 Å². The molecule has 0 aromatic heterocycles. The summed E-state index contributed by atoms with van der Waals surface area (Å²) < 4.78 is 5.39. The van der Waals surface area contributed by atoms with Gasteiger partial charge in [0.25, 0.3) is 0 Å². The normalized spacial score (nSPS) is 24.6. The van der Waals surface area contributed by atoms with Crippen LogP contribution >= 0.6 is 0 Å². The molecular formula is C14H14O. The first-order valence-electron chi connectivity index (χ1n) is 5.11. The Bertz CT molecular complexity index is 399. The molecule has 76 valence electrons. The Morgan fingerprint density at radius 3 is 2.67 bits per heavy atom. The Labute approximate surface area is 90.8 Å². The van der Waals surface area contributed by atoms with E-state index >= 15 is 0 Å². The molecule has 1 unspecified atom stereocenters. The highest BCUT2D eigenvalue weighted by molar-refractivity contribution is 5.29. The van der Waals surface area contributed by atoms with Crippen molar-refractivity contribution >= 4 is 0 Å². The van der Waals surface area contributed by atoms with E-state index in [0.717, 1.165) is 18.6 Å². The summed E-state index contributed by atoms with van der Waals surface area (Å²) in [6, 6.07) is 10.2. The third-order valence-electron chi connectivity index (χ3n) is 2.96. The van der Waals surface area contributed by atoms with E-state index in [2.05, 4.69) is 24.6 Å². The Hall–Kier alpha value is -1.68. The molecule has 1 fully saturated rings. The van der Waals surface area contributed by atoms with E-state index < -0.39 is 0 Å². The Morgan fingerprint density at radius 1 is 1.40 bits per heavy atom. The lowest BCUT2D eigenvalue weighted by atomic mass is 9.80. The Balaban J connectivity index is 2.24. The average molecular weight is 198 g/mol. The van der Waals surface area contributed by atoms with Gasteiger partial charge in [0, 0.05) is 6.42 Å². The summed E-state index contributed by atoms with van der Waals surface area (Å²) >= 11 is 0. The van der Waals surface area contributed by atoms with Crippen LogP contribution in [0.2, 0.25) is 0 Å². The van der Waals surface area contributed by atoms with Gasteiger partial charge < -0.3 is 4.74 Å². The summed E-state index contributed by atoms with van der Waals surface area (Å²) in [7, 11) is 0. The number of terminal acetylenes is 1. The molecule has 0 saturated carbocycles. The van der Waals surface area contributed by atoms with Crippen LogP contribution in [0, 0.1) is 17.8 Å². The first-order valence-corrected chi connectivity index (χ1v) is 5.11. The third kappa shape index (κ3) is 1.76. The quantitative estimate of drug-likeness (QED) is 0.664. The van der Waals surface area contributed by atoms with Crippen molar-refractivity contribution in [2.24, 2.45) is 5.41 Å². The molecule has 1 aromatic rings. The topological polar surface area (TPSA) is 9.23 Å². The first kappa shape index (κ1) is 9.86.